The summed E-state index contributed by atoms with van der Waals surface area (Å²) in [6, 6.07) is 11.0. The van der Waals surface area contributed by atoms with E-state index in [-0.39, 0.29) is 12.1 Å². The molecule has 0 unspecified atom stereocenters. The summed E-state index contributed by atoms with van der Waals surface area (Å²) in [5.74, 6) is 0. The van der Waals surface area contributed by atoms with Crippen molar-refractivity contribution in [3.05, 3.63) is 35.9 Å². The molecule has 2 rings (SSSR count). The highest BCUT2D eigenvalue weighted by Gasteiger charge is 2.22. The van der Waals surface area contributed by atoms with Crippen molar-refractivity contribution in [2.45, 2.75) is 57.2 Å². The first-order valence-electron chi connectivity index (χ1n) is 6.76. The van der Waals surface area contributed by atoms with Gasteiger partial charge >= 0.3 is 0 Å². The minimum Gasteiger partial charge on any atom is -0.392 e. The average Bonchev–Trinajstić information content (AvgIpc) is 2.56. The molecule has 17 heavy (non-hydrogen) atoms. The molecule has 0 radical (unpaired) electrons. The highest BCUT2D eigenvalue weighted by molar-refractivity contribution is 5.18. The fraction of sp³-hybridized carbons (Fsp3) is 0.600. The number of nitrogens with one attached hydrogen (secondary N) is 1. The molecule has 2 N–H and O–H groups in total. The van der Waals surface area contributed by atoms with Gasteiger partial charge in [0.05, 0.1) is 6.10 Å². The summed E-state index contributed by atoms with van der Waals surface area (Å²) in [6.07, 6.45) is 5.52. The zero-order valence-corrected chi connectivity index (χ0v) is 10.6. The van der Waals surface area contributed by atoms with Crippen LogP contribution in [-0.2, 0) is 0 Å². The maximum Gasteiger partial charge on any atom is 0.0693 e. The maximum atomic E-state index is 10.1. The Kier molecular flexibility index (Phi) is 4.57. The van der Waals surface area contributed by atoms with Crippen molar-refractivity contribution in [2.75, 3.05) is 0 Å². The van der Waals surface area contributed by atoms with Crippen molar-refractivity contribution in [3.63, 3.8) is 0 Å². The van der Waals surface area contributed by atoms with Gasteiger partial charge < -0.3 is 10.4 Å². The van der Waals surface area contributed by atoms with Crippen LogP contribution in [0.15, 0.2) is 30.3 Å². The fourth-order valence-corrected chi connectivity index (χ4v) is 2.64. The molecule has 1 aliphatic rings. The van der Waals surface area contributed by atoms with Crippen LogP contribution in [0.1, 0.15) is 50.6 Å². The van der Waals surface area contributed by atoms with Crippen molar-refractivity contribution < 1.29 is 5.11 Å². The number of hydrogen-bond acceptors (Lipinski definition) is 2. The third-order valence-electron chi connectivity index (χ3n) is 3.74. The molecule has 0 amide bonds. The number of aliphatic hydroxyl groups excluding tert-OH is 1. The largest absolute Gasteiger partial charge is 0.392 e. The molecule has 1 saturated carbocycles. The smallest absolute Gasteiger partial charge is 0.0693 e. The summed E-state index contributed by atoms with van der Waals surface area (Å²) < 4.78 is 0. The van der Waals surface area contributed by atoms with Crippen molar-refractivity contribution in [1.29, 1.82) is 0 Å². The van der Waals surface area contributed by atoms with Gasteiger partial charge in [-0.1, -0.05) is 49.6 Å². The molecule has 2 nitrogen and oxygen atoms in total. The van der Waals surface area contributed by atoms with Gasteiger partial charge in [0.15, 0.2) is 0 Å². The van der Waals surface area contributed by atoms with E-state index < -0.39 is 0 Å². The lowest BCUT2D eigenvalue weighted by Crippen LogP contribution is -2.40. The zero-order chi connectivity index (χ0) is 12.1. The lowest BCUT2D eigenvalue weighted by Gasteiger charge is -2.26. The first-order valence-corrected chi connectivity index (χ1v) is 6.76. The predicted octanol–water partition coefficient (Wildman–Crippen LogP) is 3.03. The SMILES string of the molecule is C[C@H](N[C@@H]1CCCCC[C@H]1O)c1ccccc1. The Labute approximate surface area is 104 Å². The molecule has 0 aromatic heterocycles. The van der Waals surface area contributed by atoms with Gasteiger partial charge in [-0.05, 0) is 25.3 Å². The van der Waals surface area contributed by atoms with Crippen LogP contribution in [0, 0.1) is 0 Å². The number of rotatable bonds is 3. The lowest BCUT2D eigenvalue weighted by molar-refractivity contribution is 0.115. The van der Waals surface area contributed by atoms with E-state index in [2.05, 4.69) is 36.5 Å². The van der Waals surface area contributed by atoms with E-state index in [4.69, 9.17) is 0 Å². The van der Waals surface area contributed by atoms with Gasteiger partial charge in [0.1, 0.15) is 0 Å². The Morgan fingerprint density at radius 1 is 1.12 bits per heavy atom. The van der Waals surface area contributed by atoms with Gasteiger partial charge in [0, 0.05) is 12.1 Å². The minimum atomic E-state index is -0.177. The van der Waals surface area contributed by atoms with Crippen molar-refractivity contribution in [3.8, 4) is 0 Å². The molecular formula is C15H23NO. The van der Waals surface area contributed by atoms with Crippen LogP contribution >= 0.6 is 0 Å². The molecule has 0 heterocycles. The second-order valence-corrected chi connectivity index (χ2v) is 5.11. The highest BCUT2D eigenvalue weighted by atomic mass is 16.3. The van der Waals surface area contributed by atoms with Crippen molar-refractivity contribution in [1.82, 2.24) is 5.32 Å². The van der Waals surface area contributed by atoms with E-state index in [0.29, 0.717) is 6.04 Å². The number of aliphatic hydroxyl groups is 1. The van der Waals surface area contributed by atoms with Crippen LogP contribution < -0.4 is 5.32 Å². The molecule has 1 fully saturated rings. The summed E-state index contributed by atoms with van der Waals surface area (Å²) in [6.45, 7) is 2.17. The quantitative estimate of drug-likeness (QED) is 0.787. The molecule has 1 aliphatic carbocycles. The molecule has 94 valence electrons. The van der Waals surface area contributed by atoms with Crippen LogP contribution in [-0.4, -0.2) is 17.3 Å². The Hall–Kier alpha value is -0.860. The van der Waals surface area contributed by atoms with Crippen LogP contribution in [0.4, 0.5) is 0 Å². The summed E-state index contributed by atoms with van der Waals surface area (Å²) >= 11 is 0. The normalized spacial score (nSPS) is 27.4. The summed E-state index contributed by atoms with van der Waals surface area (Å²) in [7, 11) is 0. The number of hydrogen-bond donors (Lipinski definition) is 2. The third kappa shape index (κ3) is 3.55. The van der Waals surface area contributed by atoms with Gasteiger partial charge in [0.2, 0.25) is 0 Å². The van der Waals surface area contributed by atoms with Crippen LogP contribution in [0.2, 0.25) is 0 Å². The fourth-order valence-electron chi connectivity index (χ4n) is 2.64. The second kappa shape index (κ2) is 6.18. The standard InChI is InChI=1S/C15H23NO/c1-12(13-8-4-2-5-9-13)16-14-10-6-3-7-11-15(14)17/h2,4-5,8-9,12,14-17H,3,6-7,10-11H2,1H3/t12-,14+,15+/m0/s1. The Morgan fingerprint density at radius 3 is 2.59 bits per heavy atom. The average molecular weight is 233 g/mol. The summed E-state index contributed by atoms with van der Waals surface area (Å²) in [5, 5.41) is 13.7. The van der Waals surface area contributed by atoms with Gasteiger partial charge in [-0.25, -0.2) is 0 Å². The summed E-state index contributed by atoms with van der Waals surface area (Å²) in [5.41, 5.74) is 1.30. The van der Waals surface area contributed by atoms with Crippen LogP contribution in [0.5, 0.6) is 0 Å². The minimum absolute atomic E-state index is 0.177. The molecule has 1 aromatic rings. The van der Waals surface area contributed by atoms with E-state index in [0.717, 1.165) is 12.8 Å². The molecule has 0 saturated heterocycles. The zero-order valence-electron chi connectivity index (χ0n) is 10.6. The molecule has 0 aliphatic heterocycles. The summed E-state index contributed by atoms with van der Waals surface area (Å²) in [4.78, 5) is 0. The Balaban J connectivity index is 1.95. The van der Waals surface area contributed by atoms with Crippen LogP contribution in [0.3, 0.4) is 0 Å². The van der Waals surface area contributed by atoms with Crippen LogP contribution in [0.25, 0.3) is 0 Å². The third-order valence-corrected chi connectivity index (χ3v) is 3.74. The Morgan fingerprint density at radius 2 is 1.82 bits per heavy atom. The molecule has 0 spiro atoms. The molecular weight excluding hydrogens is 210 g/mol. The van der Waals surface area contributed by atoms with Gasteiger partial charge in [0.25, 0.3) is 0 Å². The molecule has 0 bridgehead atoms. The van der Waals surface area contributed by atoms with Crippen molar-refractivity contribution in [2.24, 2.45) is 0 Å². The first-order chi connectivity index (χ1) is 8.27. The van der Waals surface area contributed by atoms with Gasteiger partial charge in [-0.15, -0.1) is 0 Å². The van der Waals surface area contributed by atoms with E-state index in [9.17, 15) is 5.11 Å². The van der Waals surface area contributed by atoms with Gasteiger partial charge in [-0.2, -0.15) is 0 Å². The van der Waals surface area contributed by atoms with Crippen molar-refractivity contribution >= 4 is 0 Å². The lowest BCUT2D eigenvalue weighted by atomic mass is 10.0. The highest BCUT2D eigenvalue weighted by Crippen LogP contribution is 2.21. The predicted molar refractivity (Wildman–Crippen MR) is 70.9 cm³/mol. The molecule has 2 heteroatoms. The maximum absolute atomic E-state index is 10.1. The molecule has 1 aromatic carbocycles. The topological polar surface area (TPSA) is 32.3 Å². The van der Waals surface area contributed by atoms with E-state index >= 15 is 0 Å². The van der Waals surface area contributed by atoms with Gasteiger partial charge in [-0.3, -0.25) is 0 Å². The van der Waals surface area contributed by atoms with E-state index in [1.54, 1.807) is 0 Å². The number of benzene rings is 1. The second-order valence-electron chi connectivity index (χ2n) is 5.11. The van der Waals surface area contributed by atoms with E-state index in [1.165, 1.54) is 24.8 Å². The monoisotopic (exact) mass is 233 g/mol. The molecule has 3 atom stereocenters. The van der Waals surface area contributed by atoms with E-state index in [1.807, 2.05) is 6.07 Å². The first kappa shape index (κ1) is 12.6. The Bertz CT molecular complexity index is 325.